The van der Waals surface area contributed by atoms with Crippen molar-refractivity contribution in [1.29, 1.82) is 0 Å². The summed E-state index contributed by atoms with van der Waals surface area (Å²) >= 11 is 0. The lowest BCUT2D eigenvalue weighted by Gasteiger charge is -2.31. The third-order valence-electron chi connectivity index (χ3n) is 3.28. The van der Waals surface area contributed by atoms with Crippen molar-refractivity contribution in [3.05, 3.63) is 0 Å². The molecular formula is C11H25N3O2S. The SMILES string of the molecule is CCC(CCN)NS(=O)(=O)N1CCCC(C)C1. The van der Waals surface area contributed by atoms with Crippen molar-refractivity contribution in [3.8, 4) is 0 Å². The highest BCUT2D eigenvalue weighted by atomic mass is 32.2. The topological polar surface area (TPSA) is 75.4 Å². The van der Waals surface area contributed by atoms with Crippen LogP contribution >= 0.6 is 0 Å². The predicted molar refractivity (Wildman–Crippen MR) is 69.8 cm³/mol. The van der Waals surface area contributed by atoms with Gasteiger partial charge in [-0.2, -0.15) is 17.4 Å². The van der Waals surface area contributed by atoms with Gasteiger partial charge in [0.15, 0.2) is 0 Å². The van der Waals surface area contributed by atoms with Crippen LogP contribution in [-0.4, -0.2) is 38.4 Å². The molecule has 17 heavy (non-hydrogen) atoms. The molecule has 0 saturated carbocycles. The molecule has 0 aromatic heterocycles. The molecule has 2 unspecified atom stereocenters. The molecule has 1 fully saturated rings. The molecular weight excluding hydrogens is 238 g/mol. The van der Waals surface area contributed by atoms with Crippen LogP contribution in [0.1, 0.15) is 39.5 Å². The van der Waals surface area contributed by atoms with E-state index in [2.05, 4.69) is 11.6 Å². The summed E-state index contributed by atoms with van der Waals surface area (Å²) in [5, 5.41) is 0. The third kappa shape index (κ3) is 4.54. The van der Waals surface area contributed by atoms with Gasteiger partial charge in [-0.1, -0.05) is 13.8 Å². The molecule has 0 radical (unpaired) electrons. The van der Waals surface area contributed by atoms with Crippen LogP contribution in [0.5, 0.6) is 0 Å². The molecule has 3 N–H and O–H groups in total. The molecule has 1 heterocycles. The minimum absolute atomic E-state index is 0.0396. The number of hydrogen-bond acceptors (Lipinski definition) is 3. The number of rotatable bonds is 6. The fourth-order valence-electron chi connectivity index (χ4n) is 2.20. The zero-order valence-electron chi connectivity index (χ0n) is 10.9. The normalized spacial score (nSPS) is 24.8. The van der Waals surface area contributed by atoms with Crippen molar-refractivity contribution in [1.82, 2.24) is 9.03 Å². The minimum Gasteiger partial charge on any atom is -0.330 e. The van der Waals surface area contributed by atoms with E-state index in [1.807, 2.05) is 6.92 Å². The molecule has 1 aliphatic rings. The second-order valence-corrected chi connectivity index (χ2v) is 6.61. The number of nitrogens with one attached hydrogen (secondary N) is 1. The van der Waals surface area contributed by atoms with Crippen LogP contribution in [0.15, 0.2) is 0 Å². The predicted octanol–water partition coefficient (Wildman–Crippen LogP) is 0.680. The first-order valence-electron chi connectivity index (χ1n) is 6.47. The highest BCUT2D eigenvalue weighted by Crippen LogP contribution is 2.18. The highest BCUT2D eigenvalue weighted by molar-refractivity contribution is 7.87. The average molecular weight is 263 g/mol. The van der Waals surface area contributed by atoms with Crippen molar-refractivity contribution in [3.63, 3.8) is 0 Å². The van der Waals surface area contributed by atoms with E-state index in [4.69, 9.17) is 5.73 Å². The summed E-state index contributed by atoms with van der Waals surface area (Å²) in [6.45, 7) is 5.85. The molecule has 1 saturated heterocycles. The Morgan fingerprint density at radius 3 is 2.76 bits per heavy atom. The van der Waals surface area contributed by atoms with Gasteiger partial charge in [-0.3, -0.25) is 0 Å². The van der Waals surface area contributed by atoms with Crippen LogP contribution in [0.2, 0.25) is 0 Å². The second kappa shape index (κ2) is 6.68. The van der Waals surface area contributed by atoms with Crippen molar-refractivity contribution >= 4 is 10.2 Å². The summed E-state index contributed by atoms with van der Waals surface area (Å²) in [4.78, 5) is 0. The van der Waals surface area contributed by atoms with E-state index in [0.717, 1.165) is 19.3 Å². The lowest BCUT2D eigenvalue weighted by atomic mass is 10.0. The summed E-state index contributed by atoms with van der Waals surface area (Å²) in [5.41, 5.74) is 5.48. The number of nitrogens with two attached hydrogens (primary N) is 1. The second-order valence-electron chi connectivity index (χ2n) is 4.91. The van der Waals surface area contributed by atoms with Crippen LogP contribution in [0.4, 0.5) is 0 Å². The molecule has 6 heteroatoms. The molecule has 0 aliphatic carbocycles. The van der Waals surface area contributed by atoms with Gasteiger partial charge in [-0.15, -0.1) is 0 Å². The third-order valence-corrected chi connectivity index (χ3v) is 4.93. The monoisotopic (exact) mass is 263 g/mol. The number of piperidine rings is 1. The van der Waals surface area contributed by atoms with Gasteiger partial charge in [0, 0.05) is 19.1 Å². The Bertz CT molecular complexity index is 319. The minimum atomic E-state index is -3.32. The molecule has 0 bridgehead atoms. The maximum Gasteiger partial charge on any atom is 0.279 e. The lowest BCUT2D eigenvalue weighted by Crippen LogP contribution is -2.49. The van der Waals surface area contributed by atoms with E-state index in [1.165, 1.54) is 0 Å². The summed E-state index contributed by atoms with van der Waals surface area (Å²) < 4.78 is 28.6. The molecule has 1 aliphatic heterocycles. The van der Waals surface area contributed by atoms with Crippen molar-refractivity contribution in [2.24, 2.45) is 11.7 Å². The van der Waals surface area contributed by atoms with Gasteiger partial charge in [-0.05, 0) is 38.1 Å². The molecule has 5 nitrogen and oxygen atoms in total. The van der Waals surface area contributed by atoms with Gasteiger partial charge in [0.2, 0.25) is 0 Å². The van der Waals surface area contributed by atoms with E-state index >= 15 is 0 Å². The van der Waals surface area contributed by atoms with E-state index in [9.17, 15) is 8.42 Å². The summed E-state index contributed by atoms with van der Waals surface area (Å²) in [7, 11) is -3.32. The van der Waals surface area contributed by atoms with Gasteiger partial charge in [0.1, 0.15) is 0 Å². The van der Waals surface area contributed by atoms with Gasteiger partial charge in [0.05, 0.1) is 0 Å². The van der Waals surface area contributed by atoms with Crippen LogP contribution in [0.3, 0.4) is 0 Å². The summed E-state index contributed by atoms with van der Waals surface area (Å²) in [5.74, 6) is 0.454. The van der Waals surface area contributed by atoms with Gasteiger partial charge in [0.25, 0.3) is 10.2 Å². The Kier molecular flexibility index (Phi) is 5.85. The molecule has 1 rings (SSSR count). The summed E-state index contributed by atoms with van der Waals surface area (Å²) in [6, 6.07) is -0.0396. The van der Waals surface area contributed by atoms with E-state index in [0.29, 0.717) is 32.0 Å². The molecule has 0 aromatic carbocycles. The zero-order valence-corrected chi connectivity index (χ0v) is 11.7. The first-order chi connectivity index (χ1) is 7.99. The fraction of sp³-hybridized carbons (Fsp3) is 1.00. The van der Waals surface area contributed by atoms with Crippen LogP contribution in [-0.2, 0) is 10.2 Å². The molecule has 0 spiro atoms. The molecule has 0 aromatic rings. The highest BCUT2D eigenvalue weighted by Gasteiger charge is 2.28. The summed E-state index contributed by atoms with van der Waals surface area (Å²) in [6.07, 6.45) is 3.54. The van der Waals surface area contributed by atoms with Gasteiger partial charge < -0.3 is 5.73 Å². The number of nitrogens with zero attached hydrogens (tertiary/aromatic N) is 1. The average Bonchev–Trinajstić information content (AvgIpc) is 2.28. The van der Waals surface area contributed by atoms with E-state index < -0.39 is 10.2 Å². The standard InChI is InChI=1S/C11H25N3O2S/c1-3-11(6-7-12)13-17(15,16)14-8-4-5-10(2)9-14/h10-11,13H,3-9,12H2,1-2H3. The van der Waals surface area contributed by atoms with E-state index in [1.54, 1.807) is 4.31 Å². The molecule has 0 amide bonds. The lowest BCUT2D eigenvalue weighted by molar-refractivity contribution is 0.276. The Morgan fingerprint density at radius 1 is 1.53 bits per heavy atom. The maximum absolute atomic E-state index is 12.1. The Morgan fingerprint density at radius 2 is 2.24 bits per heavy atom. The molecule has 102 valence electrons. The van der Waals surface area contributed by atoms with Crippen LogP contribution < -0.4 is 10.5 Å². The van der Waals surface area contributed by atoms with Crippen LogP contribution in [0.25, 0.3) is 0 Å². The Labute approximate surface area is 105 Å². The largest absolute Gasteiger partial charge is 0.330 e. The molecule has 2 atom stereocenters. The Hall–Kier alpha value is -0.170. The van der Waals surface area contributed by atoms with E-state index in [-0.39, 0.29) is 6.04 Å². The smallest absolute Gasteiger partial charge is 0.279 e. The van der Waals surface area contributed by atoms with Gasteiger partial charge in [-0.25, -0.2) is 0 Å². The first kappa shape index (κ1) is 14.9. The first-order valence-corrected chi connectivity index (χ1v) is 7.91. The quantitative estimate of drug-likeness (QED) is 0.740. The maximum atomic E-state index is 12.1. The Balaban J connectivity index is 2.60. The van der Waals surface area contributed by atoms with Crippen molar-refractivity contribution in [2.45, 2.75) is 45.6 Å². The van der Waals surface area contributed by atoms with Gasteiger partial charge >= 0.3 is 0 Å². The van der Waals surface area contributed by atoms with Crippen molar-refractivity contribution in [2.75, 3.05) is 19.6 Å². The van der Waals surface area contributed by atoms with Crippen LogP contribution in [0, 0.1) is 5.92 Å². The number of hydrogen-bond donors (Lipinski definition) is 2. The van der Waals surface area contributed by atoms with Crippen molar-refractivity contribution < 1.29 is 8.42 Å². The zero-order chi connectivity index (χ0) is 12.9. The fourth-order valence-corrected chi connectivity index (χ4v) is 3.87.